The Balaban J connectivity index is 2.52. The van der Waals surface area contributed by atoms with Crippen LogP contribution < -0.4 is 0 Å². The van der Waals surface area contributed by atoms with Crippen molar-refractivity contribution in [3.8, 4) is 0 Å². The summed E-state index contributed by atoms with van der Waals surface area (Å²) in [6.45, 7) is 1.48. The highest BCUT2D eigenvalue weighted by Crippen LogP contribution is 2.29. The van der Waals surface area contributed by atoms with Crippen LogP contribution in [-0.2, 0) is 12.6 Å². The molecule has 1 aromatic heterocycles. The second kappa shape index (κ2) is 4.45. The Morgan fingerprint density at radius 2 is 2.00 bits per heavy atom. The zero-order valence-electron chi connectivity index (χ0n) is 9.25. The van der Waals surface area contributed by atoms with E-state index in [4.69, 9.17) is 0 Å². The van der Waals surface area contributed by atoms with Gasteiger partial charge in [-0.1, -0.05) is 0 Å². The van der Waals surface area contributed by atoms with E-state index in [9.17, 15) is 18.3 Å². The van der Waals surface area contributed by atoms with E-state index in [0.717, 1.165) is 0 Å². The molecule has 3 nitrogen and oxygen atoms in total. The van der Waals surface area contributed by atoms with Crippen molar-refractivity contribution < 1.29 is 18.3 Å². The van der Waals surface area contributed by atoms with Crippen molar-refractivity contribution in [3.05, 3.63) is 18.0 Å². The Kier molecular flexibility index (Phi) is 3.62. The van der Waals surface area contributed by atoms with Crippen LogP contribution in [0.25, 0.3) is 0 Å². The van der Waals surface area contributed by atoms with Gasteiger partial charge >= 0.3 is 6.18 Å². The first-order valence-corrected chi connectivity index (χ1v) is 5.00. The Bertz CT molecular complexity index is 344. The third-order valence-electron chi connectivity index (χ3n) is 2.39. The van der Waals surface area contributed by atoms with Gasteiger partial charge in [-0.15, -0.1) is 0 Å². The zero-order chi connectivity index (χ0) is 12.4. The highest BCUT2D eigenvalue weighted by Gasteiger charge is 2.30. The first-order valence-electron chi connectivity index (χ1n) is 5.00. The maximum Gasteiger partial charge on any atom is 0.389 e. The number of aryl methyl sites for hydroxylation is 1. The smallest absolute Gasteiger partial charge is 0.384 e. The normalized spacial score (nSPS) is 16.1. The predicted molar refractivity (Wildman–Crippen MR) is 52.7 cm³/mol. The molecule has 0 aliphatic carbocycles. The Morgan fingerprint density at radius 1 is 1.38 bits per heavy atom. The SMILES string of the molecule is Cn1ccc(C(C)(O)CCCC(F)(F)F)n1. The quantitative estimate of drug-likeness (QED) is 0.871. The number of alkyl halides is 3. The lowest BCUT2D eigenvalue weighted by molar-refractivity contribution is -0.137. The van der Waals surface area contributed by atoms with E-state index in [1.807, 2.05) is 0 Å². The summed E-state index contributed by atoms with van der Waals surface area (Å²) in [5, 5.41) is 13.9. The summed E-state index contributed by atoms with van der Waals surface area (Å²) in [6, 6.07) is 1.60. The fraction of sp³-hybridized carbons (Fsp3) is 0.700. The van der Waals surface area contributed by atoms with E-state index >= 15 is 0 Å². The van der Waals surface area contributed by atoms with Crippen molar-refractivity contribution in [1.82, 2.24) is 9.78 Å². The van der Waals surface area contributed by atoms with Crippen molar-refractivity contribution in [2.75, 3.05) is 0 Å². The van der Waals surface area contributed by atoms with Gasteiger partial charge in [0.15, 0.2) is 0 Å². The minimum atomic E-state index is -4.17. The molecule has 0 aromatic carbocycles. The third-order valence-corrected chi connectivity index (χ3v) is 2.39. The van der Waals surface area contributed by atoms with Crippen molar-refractivity contribution in [3.63, 3.8) is 0 Å². The molecule has 0 saturated heterocycles. The first kappa shape index (κ1) is 13.0. The summed E-state index contributed by atoms with van der Waals surface area (Å²) in [5.74, 6) is 0. The van der Waals surface area contributed by atoms with E-state index in [1.165, 1.54) is 11.6 Å². The highest BCUT2D eigenvalue weighted by atomic mass is 19.4. The fourth-order valence-corrected chi connectivity index (χ4v) is 1.46. The van der Waals surface area contributed by atoms with Crippen LogP contribution in [0.3, 0.4) is 0 Å². The molecule has 0 saturated carbocycles. The van der Waals surface area contributed by atoms with Gasteiger partial charge in [0.2, 0.25) is 0 Å². The van der Waals surface area contributed by atoms with E-state index in [1.54, 1.807) is 19.3 Å². The monoisotopic (exact) mass is 236 g/mol. The average Bonchev–Trinajstić information content (AvgIpc) is 2.49. The standard InChI is InChI=1S/C10H15F3N2O/c1-9(16,5-3-6-10(11,12)13)8-4-7-15(2)14-8/h4,7,16H,3,5-6H2,1-2H3. The van der Waals surface area contributed by atoms with Gasteiger partial charge in [0.25, 0.3) is 0 Å². The van der Waals surface area contributed by atoms with E-state index in [-0.39, 0.29) is 12.8 Å². The third kappa shape index (κ3) is 3.84. The van der Waals surface area contributed by atoms with Gasteiger partial charge in [0.1, 0.15) is 5.60 Å². The fourth-order valence-electron chi connectivity index (χ4n) is 1.46. The number of aliphatic hydroxyl groups is 1. The topological polar surface area (TPSA) is 38.0 Å². The molecule has 1 heterocycles. The molecule has 1 N–H and O–H groups in total. The Morgan fingerprint density at radius 3 is 2.44 bits per heavy atom. The molecule has 0 aliphatic rings. The largest absolute Gasteiger partial charge is 0.389 e. The number of nitrogens with zero attached hydrogens (tertiary/aromatic N) is 2. The predicted octanol–water partition coefficient (Wildman–Crippen LogP) is 2.36. The van der Waals surface area contributed by atoms with Crippen molar-refractivity contribution in [1.29, 1.82) is 0 Å². The summed E-state index contributed by atoms with van der Waals surface area (Å²) in [7, 11) is 1.69. The minimum Gasteiger partial charge on any atom is -0.384 e. The molecule has 0 bridgehead atoms. The van der Waals surface area contributed by atoms with Gasteiger partial charge in [-0.05, 0) is 25.8 Å². The van der Waals surface area contributed by atoms with Crippen molar-refractivity contribution in [2.24, 2.45) is 7.05 Å². The second-order valence-corrected chi connectivity index (χ2v) is 4.12. The van der Waals surface area contributed by atoms with Gasteiger partial charge in [-0.3, -0.25) is 4.68 Å². The number of rotatable bonds is 4. The van der Waals surface area contributed by atoms with E-state index in [2.05, 4.69) is 5.10 Å². The molecule has 0 amide bonds. The first-order chi connectivity index (χ1) is 7.21. The Hall–Kier alpha value is -1.04. The maximum atomic E-state index is 11.9. The molecule has 1 unspecified atom stereocenters. The average molecular weight is 236 g/mol. The molecule has 1 aromatic rings. The van der Waals surface area contributed by atoms with Gasteiger partial charge in [0, 0.05) is 19.7 Å². The lowest BCUT2D eigenvalue weighted by Gasteiger charge is -2.21. The number of aromatic nitrogens is 2. The van der Waals surface area contributed by atoms with Gasteiger partial charge in [-0.25, -0.2) is 0 Å². The molecule has 1 atom stereocenters. The van der Waals surface area contributed by atoms with Crippen LogP contribution in [0.5, 0.6) is 0 Å². The lowest BCUT2D eigenvalue weighted by atomic mass is 9.95. The number of halogens is 3. The summed E-state index contributed by atoms with van der Waals surface area (Å²) in [5.41, 5.74) is -0.899. The van der Waals surface area contributed by atoms with Crippen LogP contribution in [0.4, 0.5) is 13.2 Å². The summed E-state index contributed by atoms with van der Waals surface area (Å²) >= 11 is 0. The minimum absolute atomic E-state index is 0.0452. The summed E-state index contributed by atoms with van der Waals surface area (Å²) in [4.78, 5) is 0. The van der Waals surface area contributed by atoms with Crippen molar-refractivity contribution >= 4 is 0 Å². The van der Waals surface area contributed by atoms with Crippen LogP contribution in [0, 0.1) is 0 Å². The van der Waals surface area contributed by atoms with Gasteiger partial charge < -0.3 is 5.11 Å². The van der Waals surface area contributed by atoms with Crippen LogP contribution in [0.15, 0.2) is 12.3 Å². The van der Waals surface area contributed by atoms with Crippen LogP contribution >= 0.6 is 0 Å². The molecular formula is C10H15F3N2O. The number of hydrogen-bond donors (Lipinski definition) is 1. The van der Waals surface area contributed by atoms with E-state index < -0.39 is 18.2 Å². The highest BCUT2D eigenvalue weighted by molar-refractivity contribution is 5.08. The van der Waals surface area contributed by atoms with Crippen LogP contribution in [0.2, 0.25) is 0 Å². The molecule has 6 heteroatoms. The second-order valence-electron chi connectivity index (χ2n) is 4.12. The molecule has 0 spiro atoms. The van der Waals surface area contributed by atoms with Gasteiger partial charge in [-0.2, -0.15) is 18.3 Å². The van der Waals surface area contributed by atoms with Crippen LogP contribution in [0.1, 0.15) is 31.9 Å². The number of hydrogen-bond acceptors (Lipinski definition) is 2. The Labute approximate surface area is 91.9 Å². The lowest BCUT2D eigenvalue weighted by Crippen LogP contribution is -2.23. The molecule has 0 fully saturated rings. The van der Waals surface area contributed by atoms with Gasteiger partial charge in [0.05, 0.1) is 5.69 Å². The van der Waals surface area contributed by atoms with E-state index in [0.29, 0.717) is 5.69 Å². The molecule has 0 radical (unpaired) electrons. The summed E-state index contributed by atoms with van der Waals surface area (Å²) in [6.07, 6.45) is -3.46. The molecular weight excluding hydrogens is 221 g/mol. The molecule has 92 valence electrons. The molecule has 16 heavy (non-hydrogen) atoms. The molecule has 0 aliphatic heterocycles. The molecule has 1 rings (SSSR count). The summed E-state index contributed by atoms with van der Waals surface area (Å²) < 4.78 is 37.3. The van der Waals surface area contributed by atoms with Crippen molar-refractivity contribution in [2.45, 2.75) is 38.0 Å². The van der Waals surface area contributed by atoms with Crippen LogP contribution in [-0.4, -0.2) is 21.1 Å². The zero-order valence-corrected chi connectivity index (χ0v) is 9.25. The maximum absolute atomic E-state index is 11.9.